The molecule has 2 heterocycles. The van der Waals surface area contributed by atoms with E-state index in [2.05, 4.69) is 28.4 Å². The van der Waals surface area contributed by atoms with Crippen molar-refractivity contribution >= 4 is 23.1 Å². The summed E-state index contributed by atoms with van der Waals surface area (Å²) in [4.78, 5) is 7.14. The van der Waals surface area contributed by atoms with Gasteiger partial charge in [-0.25, -0.2) is 8.78 Å². The first-order valence-electron chi connectivity index (χ1n) is 10.2. The Labute approximate surface area is 175 Å². The third kappa shape index (κ3) is 4.78. The van der Waals surface area contributed by atoms with Gasteiger partial charge in [0, 0.05) is 29.1 Å². The predicted octanol–water partition coefficient (Wildman–Crippen LogP) is 5.64. The number of anilines is 1. The Morgan fingerprint density at radius 3 is 2.66 bits per heavy atom. The number of nitrogens with one attached hydrogen (secondary N) is 1. The summed E-state index contributed by atoms with van der Waals surface area (Å²) in [5, 5.41) is 4.30. The van der Waals surface area contributed by atoms with Crippen molar-refractivity contribution in [3.63, 3.8) is 0 Å². The van der Waals surface area contributed by atoms with Gasteiger partial charge in [-0.2, -0.15) is 0 Å². The van der Waals surface area contributed by atoms with Crippen LogP contribution in [-0.2, 0) is 13.0 Å². The van der Waals surface area contributed by atoms with Crippen molar-refractivity contribution in [2.45, 2.75) is 38.7 Å². The maximum absolute atomic E-state index is 12.6. The molecular formula is C23H26ClF2N3. The normalized spacial score (nSPS) is 20.1. The summed E-state index contributed by atoms with van der Waals surface area (Å²) in [7, 11) is 0. The van der Waals surface area contributed by atoms with Crippen molar-refractivity contribution in [3.05, 3.63) is 64.7 Å². The Balaban J connectivity index is 1.55. The van der Waals surface area contributed by atoms with Gasteiger partial charge in [-0.15, -0.1) is 0 Å². The van der Waals surface area contributed by atoms with E-state index in [4.69, 9.17) is 16.6 Å². The van der Waals surface area contributed by atoms with Crippen LogP contribution in [0.15, 0.2) is 53.5 Å². The molecule has 3 nitrogen and oxygen atoms in total. The van der Waals surface area contributed by atoms with Crippen LogP contribution in [0.3, 0.4) is 0 Å². The minimum Gasteiger partial charge on any atom is -0.343 e. The lowest BCUT2D eigenvalue weighted by Crippen LogP contribution is -2.50. The molecule has 4 rings (SSSR count). The van der Waals surface area contributed by atoms with Crippen molar-refractivity contribution in [3.8, 4) is 0 Å². The predicted molar refractivity (Wildman–Crippen MR) is 115 cm³/mol. The van der Waals surface area contributed by atoms with Crippen molar-refractivity contribution in [1.29, 1.82) is 0 Å². The number of para-hydroxylation sites is 1. The molecule has 154 valence electrons. The van der Waals surface area contributed by atoms with Gasteiger partial charge in [0.1, 0.15) is 5.84 Å². The molecule has 0 atom stereocenters. The van der Waals surface area contributed by atoms with Crippen molar-refractivity contribution in [2.75, 3.05) is 25.0 Å². The molecule has 0 unspecified atom stereocenters. The monoisotopic (exact) mass is 417 g/mol. The first-order valence-corrected chi connectivity index (χ1v) is 10.6. The highest BCUT2D eigenvalue weighted by atomic mass is 35.5. The first kappa shape index (κ1) is 20.3. The summed E-state index contributed by atoms with van der Waals surface area (Å²) in [6.07, 6.45) is 0.499. The van der Waals surface area contributed by atoms with Gasteiger partial charge in [0.2, 0.25) is 6.43 Å². The molecule has 1 saturated heterocycles. The molecule has 29 heavy (non-hydrogen) atoms. The highest BCUT2D eigenvalue weighted by Crippen LogP contribution is 2.42. The molecule has 2 aromatic carbocycles. The third-order valence-corrected chi connectivity index (χ3v) is 6.32. The minimum absolute atomic E-state index is 0.0518. The second-order valence-electron chi connectivity index (χ2n) is 8.06. The molecule has 2 aliphatic rings. The molecule has 0 bridgehead atoms. The number of likely N-dealkylation sites (tertiary alicyclic amines) is 1. The molecule has 1 fully saturated rings. The molecular weight excluding hydrogens is 392 g/mol. The smallest absolute Gasteiger partial charge is 0.239 e. The van der Waals surface area contributed by atoms with Crippen molar-refractivity contribution < 1.29 is 8.78 Å². The number of hydrogen-bond acceptors (Lipinski definition) is 2. The quantitative estimate of drug-likeness (QED) is 0.681. The number of amidine groups is 1. The largest absolute Gasteiger partial charge is 0.343 e. The topological polar surface area (TPSA) is 27.6 Å². The molecule has 0 aliphatic carbocycles. The molecule has 0 amide bonds. The fourth-order valence-electron chi connectivity index (χ4n) is 4.42. The van der Waals surface area contributed by atoms with Crippen LogP contribution in [0.5, 0.6) is 0 Å². The van der Waals surface area contributed by atoms with Gasteiger partial charge in [0.25, 0.3) is 0 Å². The fraction of sp³-hybridized carbons (Fsp3) is 0.435. The maximum atomic E-state index is 12.6. The highest BCUT2D eigenvalue weighted by molar-refractivity contribution is 6.30. The number of benzene rings is 2. The van der Waals surface area contributed by atoms with E-state index in [-0.39, 0.29) is 11.8 Å². The minimum atomic E-state index is -2.23. The van der Waals surface area contributed by atoms with Crippen LogP contribution in [0.1, 0.15) is 30.4 Å². The molecule has 0 saturated carbocycles. The van der Waals surface area contributed by atoms with Crippen LogP contribution in [0, 0.1) is 5.41 Å². The van der Waals surface area contributed by atoms with E-state index in [1.165, 1.54) is 5.56 Å². The lowest BCUT2D eigenvalue weighted by atomic mass is 9.70. The summed E-state index contributed by atoms with van der Waals surface area (Å²) < 4.78 is 25.2. The zero-order chi connectivity index (χ0) is 20.3. The van der Waals surface area contributed by atoms with Crippen molar-refractivity contribution in [2.24, 2.45) is 10.4 Å². The van der Waals surface area contributed by atoms with Crippen LogP contribution in [0.4, 0.5) is 14.5 Å². The average Bonchev–Trinajstić information content (AvgIpc) is 2.72. The fourth-order valence-corrected chi connectivity index (χ4v) is 4.63. The molecule has 2 aliphatic heterocycles. The Hall–Kier alpha value is -1.98. The van der Waals surface area contributed by atoms with Crippen LogP contribution in [0.2, 0.25) is 5.02 Å². The Bertz CT molecular complexity index is 876. The number of rotatable bonds is 5. The van der Waals surface area contributed by atoms with Crippen LogP contribution in [-0.4, -0.2) is 36.8 Å². The molecule has 1 spiro atoms. The standard InChI is InChI=1S/C23H26ClF2N3/c24-19-6-3-4-17(14-19)16-27-22-23(15-18-5-1-2-7-20(18)28-22)9-12-29(13-10-23)11-8-21(25)26/h1-7,14,21H,8-13,15-16H2,(H,27,28). The summed E-state index contributed by atoms with van der Waals surface area (Å²) >= 11 is 6.12. The number of fused-ring (bicyclic) bond motifs is 1. The molecule has 1 N–H and O–H groups in total. The average molecular weight is 418 g/mol. The lowest BCUT2D eigenvalue weighted by Gasteiger charge is -2.45. The summed E-state index contributed by atoms with van der Waals surface area (Å²) in [5.41, 5.74) is 3.43. The second-order valence-corrected chi connectivity index (χ2v) is 8.49. The summed E-state index contributed by atoms with van der Waals surface area (Å²) in [6, 6.07) is 16.2. The number of hydrogen-bond donors (Lipinski definition) is 1. The zero-order valence-corrected chi connectivity index (χ0v) is 17.1. The molecule has 0 aromatic heterocycles. The number of aliphatic imine (C=N–C) groups is 1. The van der Waals surface area contributed by atoms with Gasteiger partial charge in [-0.05, 0) is 61.7 Å². The molecule has 6 heteroatoms. The lowest BCUT2D eigenvalue weighted by molar-refractivity contribution is 0.0942. The van der Waals surface area contributed by atoms with Gasteiger partial charge in [0.05, 0.1) is 6.54 Å². The van der Waals surface area contributed by atoms with E-state index in [1.807, 2.05) is 30.3 Å². The Morgan fingerprint density at radius 1 is 1.10 bits per heavy atom. The van der Waals surface area contributed by atoms with Crippen LogP contribution < -0.4 is 5.32 Å². The number of nitrogens with zero attached hydrogens (tertiary/aromatic N) is 2. The number of halogens is 3. The van der Waals surface area contributed by atoms with E-state index in [0.717, 1.165) is 49.4 Å². The van der Waals surface area contributed by atoms with Gasteiger partial charge < -0.3 is 10.2 Å². The van der Waals surface area contributed by atoms with Crippen LogP contribution >= 0.6 is 11.6 Å². The number of piperidine rings is 1. The van der Waals surface area contributed by atoms with Gasteiger partial charge in [-0.3, -0.25) is 4.99 Å². The molecule has 2 aromatic rings. The van der Waals surface area contributed by atoms with E-state index >= 15 is 0 Å². The maximum Gasteiger partial charge on any atom is 0.239 e. The van der Waals surface area contributed by atoms with E-state index in [0.29, 0.717) is 18.1 Å². The van der Waals surface area contributed by atoms with Gasteiger partial charge in [-0.1, -0.05) is 41.9 Å². The third-order valence-electron chi connectivity index (χ3n) is 6.09. The van der Waals surface area contributed by atoms with Crippen LogP contribution in [0.25, 0.3) is 0 Å². The summed E-state index contributed by atoms with van der Waals surface area (Å²) in [6.45, 7) is 2.69. The van der Waals surface area contributed by atoms with E-state index < -0.39 is 6.43 Å². The first-order chi connectivity index (χ1) is 14.0. The van der Waals surface area contributed by atoms with E-state index in [1.54, 1.807) is 0 Å². The Kier molecular flexibility index (Phi) is 6.16. The van der Waals surface area contributed by atoms with Crippen molar-refractivity contribution in [1.82, 2.24) is 4.90 Å². The second kappa shape index (κ2) is 8.80. The SMILES string of the molecule is FC(F)CCN1CCC2(CC1)Cc1ccccc1NC2=NCc1cccc(Cl)c1. The summed E-state index contributed by atoms with van der Waals surface area (Å²) in [5.74, 6) is 1.02. The van der Waals surface area contributed by atoms with E-state index in [9.17, 15) is 8.78 Å². The molecule has 0 radical (unpaired) electrons. The highest BCUT2D eigenvalue weighted by Gasteiger charge is 2.42. The zero-order valence-electron chi connectivity index (χ0n) is 16.4. The van der Waals surface area contributed by atoms with Gasteiger partial charge >= 0.3 is 0 Å². The number of alkyl halides is 2. The van der Waals surface area contributed by atoms with Gasteiger partial charge in [0.15, 0.2) is 0 Å². The Morgan fingerprint density at radius 2 is 1.90 bits per heavy atom.